The number of halogens is 5. The van der Waals surface area contributed by atoms with Gasteiger partial charge in [0.2, 0.25) is 17.7 Å². The van der Waals surface area contributed by atoms with E-state index in [1.54, 1.807) is 13.8 Å². The predicted octanol–water partition coefficient (Wildman–Crippen LogP) is 1.93. The number of hydrogen-bond donors (Lipinski definition) is 2. The van der Waals surface area contributed by atoms with E-state index in [9.17, 15) is 22.0 Å². The van der Waals surface area contributed by atoms with Crippen molar-refractivity contribution >= 4 is 11.9 Å². The zero-order valence-electron chi connectivity index (χ0n) is 13.4. The predicted molar refractivity (Wildman–Crippen MR) is 79.7 cm³/mol. The average molecular weight is 365 g/mol. The molecule has 0 aliphatic carbocycles. The van der Waals surface area contributed by atoms with E-state index in [0.717, 1.165) is 5.06 Å². The Hall–Kier alpha value is -2.43. The molecule has 0 unspecified atom stereocenters. The fraction of sp³-hybridized carbons (Fsp3) is 0.429. The number of nitrogens with two attached hydrogens (primary N) is 2. The van der Waals surface area contributed by atoms with E-state index >= 15 is 0 Å². The van der Waals surface area contributed by atoms with E-state index in [2.05, 4.69) is 9.98 Å². The van der Waals surface area contributed by atoms with Crippen molar-refractivity contribution in [2.45, 2.75) is 32.4 Å². The number of nitrogens with zero attached hydrogens (tertiary/aromatic N) is 3. The molecule has 138 valence electrons. The second-order valence-corrected chi connectivity index (χ2v) is 5.71. The maximum Gasteiger partial charge on any atom is 0.226 e. The van der Waals surface area contributed by atoms with Crippen LogP contribution in [0.25, 0.3) is 0 Å². The minimum atomic E-state index is -2.19. The van der Waals surface area contributed by atoms with Gasteiger partial charge in [0.05, 0.1) is 6.61 Å². The zero-order valence-corrected chi connectivity index (χ0v) is 13.4. The number of guanidine groups is 2. The second-order valence-electron chi connectivity index (χ2n) is 5.71. The van der Waals surface area contributed by atoms with Crippen LogP contribution in [0.15, 0.2) is 9.98 Å². The van der Waals surface area contributed by atoms with Gasteiger partial charge in [0.15, 0.2) is 28.9 Å². The van der Waals surface area contributed by atoms with Crippen LogP contribution in [0.1, 0.15) is 25.8 Å². The van der Waals surface area contributed by atoms with Gasteiger partial charge >= 0.3 is 0 Å². The SMILES string of the molecule is CC1(C)N=C(N)N=C(N)N1OCCCc1c(F)c(F)c(F)c(F)c1F. The standard InChI is InChI=1S/C14H16F5N5O/c1-14(2)23-12(20)22-13(21)24(14)25-5-3-4-6-7(15)9(17)11(19)10(18)8(6)16/h3-5H2,1-2H3,(H4,20,21,22,23). The fourth-order valence-electron chi connectivity index (χ4n) is 2.29. The van der Waals surface area contributed by atoms with Crippen LogP contribution >= 0.6 is 0 Å². The normalized spacial score (nSPS) is 16.7. The lowest BCUT2D eigenvalue weighted by Gasteiger charge is -2.36. The lowest BCUT2D eigenvalue weighted by atomic mass is 10.1. The summed E-state index contributed by atoms with van der Waals surface area (Å²) < 4.78 is 66.4. The largest absolute Gasteiger partial charge is 0.368 e. The van der Waals surface area contributed by atoms with E-state index in [4.69, 9.17) is 16.3 Å². The Balaban J connectivity index is 2.02. The molecule has 0 aromatic heterocycles. The van der Waals surface area contributed by atoms with Gasteiger partial charge in [0, 0.05) is 5.56 Å². The van der Waals surface area contributed by atoms with Gasteiger partial charge in [-0.25, -0.2) is 26.9 Å². The summed E-state index contributed by atoms with van der Waals surface area (Å²) >= 11 is 0. The van der Waals surface area contributed by atoms with Gasteiger partial charge in [-0.3, -0.25) is 4.84 Å². The van der Waals surface area contributed by atoms with Gasteiger partial charge in [-0.1, -0.05) is 0 Å². The molecule has 2 rings (SSSR count). The first-order chi connectivity index (χ1) is 11.6. The molecule has 1 heterocycles. The number of benzene rings is 1. The Morgan fingerprint density at radius 3 is 2.00 bits per heavy atom. The first-order valence-electron chi connectivity index (χ1n) is 7.19. The van der Waals surface area contributed by atoms with E-state index in [-0.39, 0.29) is 24.9 Å². The maximum atomic E-state index is 13.6. The number of rotatable bonds is 5. The van der Waals surface area contributed by atoms with Crippen molar-refractivity contribution in [1.82, 2.24) is 5.06 Å². The quantitative estimate of drug-likeness (QED) is 0.361. The van der Waals surface area contributed by atoms with Crippen LogP contribution in [-0.4, -0.2) is 29.3 Å². The molecule has 1 aromatic rings. The Bertz CT molecular complexity index is 721. The summed E-state index contributed by atoms with van der Waals surface area (Å²) in [5.74, 6) is -9.97. The summed E-state index contributed by atoms with van der Waals surface area (Å²) in [4.78, 5) is 13.1. The van der Waals surface area contributed by atoms with Crippen molar-refractivity contribution in [3.8, 4) is 0 Å². The number of aliphatic imine (C=N–C) groups is 2. The van der Waals surface area contributed by atoms with Crippen LogP contribution in [0.2, 0.25) is 0 Å². The van der Waals surface area contributed by atoms with Crippen LogP contribution in [0, 0.1) is 29.1 Å². The van der Waals surface area contributed by atoms with Crippen LogP contribution in [0.5, 0.6) is 0 Å². The van der Waals surface area contributed by atoms with E-state index in [1.807, 2.05) is 0 Å². The van der Waals surface area contributed by atoms with Gasteiger partial charge in [0.25, 0.3) is 0 Å². The molecule has 0 radical (unpaired) electrons. The monoisotopic (exact) mass is 365 g/mol. The molecular weight excluding hydrogens is 349 g/mol. The Labute approximate surface area is 139 Å². The smallest absolute Gasteiger partial charge is 0.226 e. The average Bonchev–Trinajstić information content (AvgIpc) is 2.51. The molecule has 1 aromatic carbocycles. The van der Waals surface area contributed by atoms with Crippen molar-refractivity contribution in [2.75, 3.05) is 6.61 Å². The molecule has 6 nitrogen and oxygen atoms in total. The van der Waals surface area contributed by atoms with Crippen molar-refractivity contribution in [1.29, 1.82) is 0 Å². The van der Waals surface area contributed by atoms with Gasteiger partial charge in [0.1, 0.15) is 0 Å². The van der Waals surface area contributed by atoms with Gasteiger partial charge < -0.3 is 11.5 Å². The fourth-order valence-corrected chi connectivity index (χ4v) is 2.29. The molecule has 0 amide bonds. The highest BCUT2D eigenvalue weighted by molar-refractivity contribution is 5.95. The van der Waals surface area contributed by atoms with Crippen molar-refractivity contribution in [2.24, 2.45) is 21.5 Å². The first-order valence-corrected chi connectivity index (χ1v) is 7.19. The topological polar surface area (TPSA) is 89.2 Å². The summed E-state index contributed by atoms with van der Waals surface area (Å²) in [6, 6.07) is 0. The lowest BCUT2D eigenvalue weighted by molar-refractivity contribution is -0.157. The Kier molecular flexibility index (Phi) is 5.16. The third kappa shape index (κ3) is 3.65. The van der Waals surface area contributed by atoms with E-state index in [1.165, 1.54) is 0 Å². The van der Waals surface area contributed by atoms with Gasteiger partial charge in [-0.05, 0) is 26.7 Å². The third-order valence-corrected chi connectivity index (χ3v) is 3.41. The molecule has 4 N–H and O–H groups in total. The highest BCUT2D eigenvalue weighted by Crippen LogP contribution is 2.24. The summed E-state index contributed by atoms with van der Waals surface area (Å²) in [5.41, 5.74) is 9.28. The van der Waals surface area contributed by atoms with Crippen LogP contribution < -0.4 is 11.5 Å². The number of hydrogen-bond acceptors (Lipinski definition) is 6. The lowest BCUT2D eigenvalue weighted by Crippen LogP contribution is -2.53. The molecular formula is C14H16F5N5O. The molecule has 0 saturated carbocycles. The summed E-state index contributed by atoms with van der Waals surface area (Å²) in [6.07, 6.45) is -0.472. The second kappa shape index (κ2) is 6.82. The summed E-state index contributed by atoms with van der Waals surface area (Å²) in [6.45, 7) is 3.13. The minimum absolute atomic E-state index is 0.0382. The molecule has 1 aliphatic heterocycles. The van der Waals surface area contributed by atoms with Crippen LogP contribution in [0.4, 0.5) is 22.0 Å². The van der Waals surface area contributed by atoms with E-state index in [0.29, 0.717) is 0 Å². The highest BCUT2D eigenvalue weighted by Gasteiger charge is 2.33. The van der Waals surface area contributed by atoms with Crippen molar-refractivity contribution < 1.29 is 26.8 Å². The molecule has 0 saturated heterocycles. The maximum absolute atomic E-state index is 13.6. The van der Waals surface area contributed by atoms with E-state index < -0.39 is 46.7 Å². The molecule has 0 spiro atoms. The zero-order chi connectivity index (χ0) is 18.9. The molecule has 0 atom stereocenters. The third-order valence-electron chi connectivity index (χ3n) is 3.41. The van der Waals surface area contributed by atoms with Crippen molar-refractivity contribution in [3.63, 3.8) is 0 Å². The molecule has 25 heavy (non-hydrogen) atoms. The summed E-state index contributed by atoms with van der Waals surface area (Å²) in [5, 5.41) is 1.14. The molecule has 11 heteroatoms. The van der Waals surface area contributed by atoms with Gasteiger partial charge in [-0.2, -0.15) is 10.1 Å². The highest BCUT2D eigenvalue weighted by atomic mass is 19.2. The van der Waals surface area contributed by atoms with Gasteiger partial charge in [-0.15, -0.1) is 0 Å². The van der Waals surface area contributed by atoms with Crippen LogP contribution in [-0.2, 0) is 11.3 Å². The van der Waals surface area contributed by atoms with Crippen LogP contribution in [0.3, 0.4) is 0 Å². The summed E-state index contributed by atoms with van der Waals surface area (Å²) in [7, 11) is 0. The molecule has 0 fully saturated rings. The Morgan fingerprint density at radius 2 is 1.48 bits per heavy atom. The Morgan fingerprint density at radius 1 is 0.960 bits per heavy atom. The first kappa shape index (κ1) is 18.9. The molecule has 0 bridgehead atoms. The number of hydroxylamine groups is 2. The van der Waals surface area contributed by atoms with Crippen molar-refractivity contribution in [3.05, 3.63) is 34.6 Å². The molecule has 1 aliphatic rings. The minimum Gasteiger partial charge on any atom is -0.368 e.